The molecule has 0 bridgehead atoms. The van der Waals surface area contributed by atoms with Crippen molar-refractivity contribution >= 4 is 23.4 Å². The van der Waals surface area contributed by atoms with E-state index in [9.17, 15) is 14.4 Å². The van der Waals surface area contributed by atoms with E-state index >= 15 is 0 Å². The zero-order valence-electron chi connectivity index (χ0n) is 14.1. The average Bonchev–Trinajstić information content (AvgIpc) is 2.98. The highest BCUT2D eigenvalue weighted by Gasteiger charge is 2.30. The van der Waals surface area contributed by atoms with Crippen LogP contribution in [0.5, 0.6) is 0 Å². The number of benzene rings is 2. The van der Waals surface area contributed by atoms with Crippen molar-refractivity contribution < 1.29 is 14.4 Å². The summed E-state index contributed by atoms with van der Waals surface area (Å²) in [5.74, 6) is -0.979. The second kappa shape index (κ2) is 6.63. The van der Waals surface area contributed by atoms with Gasteiger partial charge < -0.3 is 16.0 Å². The molecule has 0 aromatic heterocycles. The number of anilines is 1. The van der Waals surface area contributed by atoms with Gasteiger partial charge >= 0.3 is 0 Å². The number of nitrogens with one attached hydrogen (secondary N) is 3. The molecule has 132 valence electrons. The van der Waals surface area contributed by atoms with Gasteiger partial charge in [0.2, 0.25) is 11.8 Å². The maximum atomic E-state index is 12.4. The lowest BCUT2D eigenvalue weighted by Crippen LogP contribution is -2.46. The second-order valence-corrected chi connectivity index (χ2v) is 6.71. The highest BCUT2D eigenvalue weighted by atomic mass is 16.2. The van der Waals surface area contributed by atoms with E-state index < -0.39 is 6.04 Å². The van der Waals surface area contributed by atoms with Crippen molar-refractivity contribution in [2.24, 2.45) is 0 Å². The molecule has 0 spiro atoms. The summed E-state index contributed by atoms with van der Waals surface area (Å²) in [5.41, 5.74) is 3.35. The van der Waals surface area contributed by atoms with Gasteiger partial charge in [-0.25, -0.2) is 0 Å². The van der Waals surface area contributed by atoms with Gasteiger partial charge in [-0.3, -0.25) is 14.4 Å². The maximum absolute atomic E-state index is 12.4. The van der Waals surface area contributed by atoms with E-state index in [4.69, 9.17) is 0 Å². The summed E-state index contributed by atoms with van der Waals surface area (Å²) in [6.07, 6.45) is 1.49. The van der Waals surface area contributed by atoms with Crippen LogP contribution in [0.1, 0.15) is 27.9 Å². The monoisotopic (exact) mass is 349 g/mol. The maximum Gasteiger partial charge on any atom is 0.254 e. The van der Waals surface area contributed by atoms with Crippen LogP contribution in [0.3, 0.4) is 0 Å². The van der Waals surface area contributed by atoms with Crippen LogP contribution in [0, 0.1) is 0 Å². The van der Waals surface area contributed by atoms with Gasteiger partial charge in [-0.1, -0.05) is 36.4 Å². The van der Waals surface area contributed by atoms with Gasteiger partial charge in [-0.15, -0.1) is 0 Å². The van der Waals surface area contributed by atoms with E-state index in [1.165, 1.54) is 11.1 Å². The van der Waals surface area contributed by atoms with Crippen molar-refractivity contribution in [3.8, 4) is 0 Å². The minimum Gasteiger partial charge on any atom is -0.353 e. The van der Waals surface area contributed by atoms with Gasteiger partial charge in [-0.2, -0.15) is 0 Å². The molecule has 0 saturated heterocycles. The van der Waals surface area contributed by atoms with E-state index in [2.05, 4.69) is 28.1 Å². The van der Waals surface area contributed by atoms with E-state index in [0.717, 1.165) is 12.8 Å². The number of para-hydroxylation sites is 1. The summed E-state index contributed by atoms with van der Waals surface area (Å²) in [7, 11) is 0. The predicted octanol–water partition coefficient (Wildman–Crippen LogP) is 1.41. The van der Waals surface area contributed by atoms with Crippen LogP contribution in [0.2, 0.25) is 0 Å². The quantitative estimate of drug-likeness (QED) is 0.783. The smallest absolute Gasteiger partial charge is 0.254 e. The summed E-state index contributed by atoms with van der Waals surface area (Å²) in [5, 5.41) is 8.34. The van der Waals surface area contributed by atoms with E-state index in [-0.39, 0.29) is 30.2 Å². The van der Waals surface area contributed by atoms with Crippen LogP contribution >= 0.6 is 0 Å². The number of fused-ring (bicyclic) bond motifs is 2. The molecule has 3 amide bonds. The molecule has 26 heavy (non-hydrogen) atoms. The minimum absolute atomic E-state index is 0.0293. The van der Waals surface area contributed by atoms with Gasteiger partial charge in [0.25, 0.3) is 5.91 Å². The normalized spacial score (nSPS) is 19.0. The van der Waals surface area contributed by atoms with Crippen LogP contribution in [0.4, 0.5) is 5.69 Å². The molecule has 0 radical (unpaired) electrons. The zero-order valence-corrected chi connectivity index (χ0v) is 14.1. The van der Waals surface area contributed by atoms with Crippen molar-refractivity contribution in [2.75, 3.05) is 5.32 Å². The van der Waals surface area contributed by atoms with Crippen molar-refractivity contribution in [3.63, 3.8) is 0 Å². The third-order valence-corrected chi connectivity index (χ3v) is 4.86. The Morgan fingerprint density at radius 2 is 1.65 bits per heavy atom. The fraction of sp³-hybridized carbons (Fsp3) is 0.250. The Morgan fingerprint density at radius 3 is 2.38 bits per heavy atom. The predicted molar refractivity (Wildman–Crippen MR) is 96.7 cm³/mol. The minimum atomic E-state index is -0.890. The Labute approximate surface area is 151 Å². The summed E-state index contributed by atoms with van der Waals surface area (Å²) in [6.45, 7) is 0. The molecule has 2 aromatic carbocycles. The van der Waals surface area contributed by atoms with Crippen molar-refractivity contribution in [2.45, 2.75) is 31.3 Å². The number of rotatable bonds is 3. The van der Waals surface area contributed by atoms with Crippen LogP contribution in [-0.4, -0.2) is 29.8 Å². The largest absolute Gasteiger partial charge is 0.353 e. The Bertz CT molecular complexity index is 868. The van der Waals surface area contributed by atoms with Gasteiger partial charge in [-0.05, 0) is 36.1 Å². The van der Waals surface area contributed by atoms with E-state index in [1.807, 2.05) is 12.1 Å². The van der Waals surface area contributed by atoms with Crippen molar-refractivity contribution in [1.82, 2.24) is 10.6 Å². The summed E-state index contributed by atoms with van der Waals surface area (Å²) >= 11 is 0. The third kappa shape index (κ3) is 3.18. The fourth-order valence-electron chi connectivity index (χ4n) is 3.59. The fourth-order valence-corrected chi connectivity index (χ4v) is 3.59. The molecule has 4 rings (SSSR count). The Hall–Kier alpha value is -3.15. The summed E-state index contributed by atoms with van der Waals surface area (Å²) in [6, 6.07) is 14.1. The SMILES string of the molecule is O=C(CC1NC(=O)c2ccccc2NC1=O)NC1Cc2ccccc2C1. The average molecular weight is 349 g/mol. The molecular weight excluding hydrogens is 330 g/mol. The lowest BCUT2D eigenvalue weighted by Gasteiger charge is -2.17. The molecule has 2 aromatic rings. The van der Waals surface area contributed by atoms with Crippen molar-refractivity contribution in [3.05, 3.63) is 65.2 Å². The first kappa shape index (κ1) is 16.3. The van der Waals surface area contributed by atoms with Gasteiger partial charge in [0.1, 0.15) is 6.04 Å². The Morgan fingerprint density at radius 1 is 1.00 bits per heavy atom. The van der Waals surface area contributed by atoms with E-state index in [1.54, 1.807) is 24.3 Å². The van der Waals surface area contributed by atoms with Gasteiger partial charge in [0.05, 0.1) is 17.7 Å². The zero-order chi connectivity index (χ0) is 18.1. The molecule has 1 heterocycles. The molecule has 2 aliphatic rings. The Kier molecular flexibility index (Phi) is 4.16. The molecular formula is C20H19N3O3. The third-order valence-electron chi connectivity index (χ3n) is 4.86. The van der Waals surface area contributed by atoms with E-state index in [0.29, 0.717) is 11.3 Å². The molecule has 1 unspecified atom stereocenters. The molecule has 6 heteroatoms. The Balaban J connectivity index is 1.39. The molecule has 0 fully saturated rings. The second-order valence-electron chi connectivity index (χ2n) is 6.71. The topological polar surface area (TPSA) is 87.3 Å². The van der Waals surface area contributed by atoms with Crippen LogP contribution in [0.25, 0.3) is 0 Å². The highest BCUT2D eigenvalue weighted by Crippen LogP contribution is 2.22. The van der Waals surface area contributed by atoms with Crippen LogP contribution in [-0.2, 0) is 22.4 Å². The lowest BCUT2D eigenvalue weighted by atomic mass is 10.1. The number of carbonyl (C=O) groups is 3. The first-order valence-corrected chi connectivity index (χ1v) is 8.67. The number of amides is 3. The molecule has 1 atom stereocenters. The van der Waals surface area contributed by atoms with Crippen molar-refractivity contribution in [1.29, 1.82) is 0 Å². The first-order chi connectivity index (χ1) is 12.6. The number of hydrogen-bond donors (Lipinski definition) is 3. The molecule has 6 nitrogen and oxygen atoms in total. The van der Waals surface area contributed by atoms with Gasteiger partial charge in [0.15, 0.2) is 0 Å². The van der Waals surface area contributed by atoms with Gasteiger partial charge in [0, 0.05) is 6.04 Å². The molecule has 3 N–H and O–H groups in total. The molecule has 1 aliphatic heterocycles. The lowest BCUT2D eigenvalue weighted by molar-refractivity contribution is -0.126. The molecule has 1 aliphatic carbocycles. The first-order valence-electron chi connectivity index (χ1n) is 8.67. The summed E-state index contributed by atoms with van der Waals surface area (Å²) in [4.78, 5) is 37.1. The highest BCUT2D eigenvalue weighted by molar-refractivity contribution is 6.10. The standard InChI is InChI=1S/C20H19N3O3/c24-18(21-14-9-12-5-1-2-6-13(12)10-14)11-17-20(26)22-16-8-4-3-7-15(16)19(25)23-17/h1-8,14,17H,9-11H2,(H,21,24)(H,22,26)(H,23,25). The summed E-state index contributed by atoms with van der Waals surface area (Å²) < 4.78 is 0. The van der Waals surface area contributed by atoms with Crippen LogP contribution in [0.15, 0.2) is 48.5 Å². The number of hydrogen-bond acceptors (Lipinski definition) is 3. The number of carbonyl (C=O) groups excluding carboxylic acids is 3. The van der Waals surface area contributed by atoms with Crippen LogP contribution < -0.4 is 16.0 Å². The molecule has 0 saturated carbocycles.